The monoisotopic (exact) mass is 387 g/mol. The molecule has 1 aliphatic rings. The maximum absolute atomic E-state index is 10.7. The second-order valence-corrected chi connectivity index (χ2v) is 8.20. The van der Waals surface area contributed by atoms with Gasteiger partial charge in [0.05, 0.1) is 25.4 Å². The Balaban J connectivity index is 1.58. The van der Waals surface area contributed by atoms with Gasteiger partial charge in [0, 0.05) is 30.6 Å². The predicted octanol–water partition coefficient (Wildman–Crippen LogP) is 3.28. The van der Waals surface area contributed by atoms with Gasteiger partial charge < -0.3 is 14.9 Å². The molecule has 0 bridgehead atoms. The number of aliphatic hydroxyl groups is 2. The van der Waals surface area contributed by atoms with Crippen molar-refractivity contribution in [3.8, 4) is 0 Å². The van der Waals surface area contributed by atoms with Crippen LogP contribution >= 0.6 is 11.8 Å². The number of rotatable bonds is 9. The Kier molecular flexibility index (Phi) is 8.17. The Morgan fingerprint density at radius 2 is 1.48 bits per heavy atom. The van der Waals surface area contributed by atoms with Gasteiger partial charge in [-0.05, 0) is 17.5 Å². The van der Waals surface area contributed by atoms with Crippen molar-refractivity contribution in [2.45, 2.75) is 23.9 Å². The average molecular weight is 388 g/mol. The summed E-state index contributed by atoms with van der Waals surface area (Å²) in [7, 11) is 0. The standard InChI is InChI=1S/C22H29NO3S/c24-20(16-23-11-13-26-14-12-23)17-27-22(19-9-5-2-6-10-19)15-21(25)18-7-3-1-4-8-18/h1-10,20-22,24-25H,11-17H2/t20-,21-,22-/m1/s1. The van der Waals surface area contributed by atoms with Crippen LogP contribution in [0.3, 0.4) is 0 Å². The molecule has 4 nitrogen and oxygen atoms in total. The van der Waals surface area contributed by atoms with E-state index < -0.39 is 6.10 Å². The van der Waals surface area contributed by atoms with Crippen LogP contribution < -0.4 is 0 Å². The maximum Gasteiger partial charge on any atom is 0.0803 e. The van der Waals surface area contributed by atoms with E-state index in [-0.39, 0.29) is 11.4 Å². The highest BCUT2D eigenvalue weighted by molar-refractivity contribution is 7.99. The van der Waals surface area contributed by atoms with Crippen LogP contribution in [0.4, 0.5) is 0 Å². The van der Waals surface area contributed by atoms with E-state index in [0.29, 0.717) is 18.7 Å². The number of benzene rings is 2. The molecule has 5 heteroatoms. The lowest BCUT2D eigenvalue weighted by molar-refractivity contribution is 0.0188. The summed E-state index contributed by atoms with van der Waals surface area (Å²) in [5.41, 5.74) is 2.13. The van der Waals surface area contributed by atoms with E-state index in [2.05, 4.69) is 17.0 Å². The van der Waals surface area contributed by atoms with Crippen LogP contribution in [0.15, 0.2) is 60.7 Å². The molecule has 2 N–H and O–H groups in total. The second-order valence-electron chi connectivity index (χ2n) is 6.96. The summed E-state index contributed by atoms with van der Waals surface area (Å²) in [5.74, 6) is 0.651. The van der Waals surface area contributed by atoms with Gasteiger partial charge >= 0.3 is 0 Å². The van der Waals surface area contributed by atoms with Crippen LogP contribution in [0.1, 0.15) is 28.9 Å². The number of thioether (sulfide) groups is 1. The summed E-state index contributed by atoms with van der Waals surface area (Å²) < 4.78 is 5.37. The van der Waals surface area contributed by atoms with Crippen molar-refractivity contribution in [3.63, 3.8) is 0 Å². The normalized spacial score (nSPS) is 18.7. The van der Waals surface area contributed by atoms with Crippen molar-refractivity contribution in [3.05, 3.63) is 71.8 Å². The molecule has 1 aliphatic heterocycles. The smallest absolute Gasteiger partial charge is 0.0803 e. The Bertz CT molecular complexity index is 649. The Labute approximate surface area is 166 Å². The number of hydrogen-bond acceptors (Lipinski definition) is 5. The topological polar surface area (TPSA) is 52.9 Å². The number of β-amino-alcohol motifs (C(OH)–C–C–N with tert-alkyl or cyclic N) is 1. The van der Waals surface area contributed by atoms with Gasteiger partial charge in [-0.1, -0.05) is 60.7 Å². The Morgan fingerprint density at radius 1 is 0.889 bits per heavy atom. The molecule has 0 saturated carbocycles. The van der Waals surface area contributed by atoms with Gasteiger partial charge in [0.2, 0.25) is 0 Å². The van der Waals surface area contributed by atoms with Crippen molar-refractivity contribution < 1.29 is 14.9 Å². The van der Waals surface area contributed by atoms with E-state index in [1.807, 2.05) is 48.5 Å². The van der Waals surface area contributed by atoms with Crippen molar-refractivity contribution in [1.29, 1.82) is 0 Å². The zero-order chi connectivity index (χ0) is 18.9. The minimum atomic E-state index is -0.514. The highest BCUT2D eigenvalue weighted by atomic mass is 32.2. The van der Waals surface area contributed by atoms with Crippen LogP contribution in [-0.4, -0.2) is 59.8 Å². The summed E-state index contributed by atoms with van der Waals surface area (Å²) in [6, 6.07) is 20.1. The minimum Gasteiger partial charge on any atom is -0.391 e. The lowest BCUT2D eigenvalue weighted by atomic mass is 10.0. The largest absolute Gasteiger partial charge is 0.391 e. The zero-order valence-electron chi connectivity index (χ0n) is 15.6. The van der Waals surface area contributed by atoms with E-state index in [9.17, 15) is 10.2 Å². The molecule has 0 aliphatic carbocycles. The van der Waals surface area contributed by atoms with Crippen molar-refractivity contribution in [2.75, 3.05) is 38.6 Å². The summed E-state index contributed by atoms with van der Waals surface area (Å²) in [4.78, 5) is 2.26. The third-order valence-electron chi connectivity index (χ3n) is 4.86. The molecular weight excluding hydrogens is 358 g/mol. The predicted molar refractivity (Wildman–Crippen MR) is 111 cm³/mol. The minimum absolute atomic E-state index is 0.140. The molecule has 3 atom stereocenters. The molecule has 1 fully saturated rings. The van der Waals surface area contributed by atoms with E-state index in [1.54, 1.807) is 11.8 Å². The third kappa shape index (κ3) is 6.63. The van der Waals surface area contributed by atoms with Gasteiger partial charge in [0.25, 0.3) is 0 Å². The summed E-state index contributed by atoms with van der Waals surface area (Å²) in [6.07, 6.45) is -0.267. The van der Waals surface area contributed by atoms with Gasteiger partial charge in [0.1, 0.15) is 0 Å². The van der Waals surface area contributed by atoms with Gasteiger partial charge in [-0.15, -0.1) is 0 Å². The van der Waals surface area contributed by atoms with Crippen LogP contribution in [0.2, 0.25) is 0 Å². The molecule has 2 aromatic carbocycles. The van der Waals surface area contributed by atoms with Crippen LogP contribution in [-0.2, 0) is 4.74 Å². The highest BCUT2D eigenvalue weighted by Crippen LogP contribution is 2.37. The molecule has 146 valence electrons. The molecule has 0 radical (unpaired) electrons. The van der Waals surface area contributed by atoms with Crippen LogP contribution in [0.5, 0.6) is 0 Å². The molecule has 2 aromatic rings. The number of morpholine rings is 1. The molecule has 0 amide bonds. The molecular formula is C22H29NO3S. The first-order chi connectivity index (χ1) is 13.2. The lowest BCUT2D eigenvalue weighted by Gasteiger charge is -2.29. The first-order valence-electron chi connectivity index (χ1n) is 9.60. The van der Waals surface area contributed by atoms with Crippen LogP contribution in [0.25, 0.3) is 0 Å². The molecule has 0 spiro atoms. The summed E-state index contributed by atoms with van der Waals surface area (Å²) >= 11 is 1.73. The van der Waals surface area contributed by atoms with E-state index in [1.165, 1.54) is 5.56 Å². The Morgan fingerprint density at radius 3 is 2.11 bits per heavy atom. The average Bonchev–Trinajstić information content (AvgIpc) is 2.73. The molecule has 0 aromatic heterocycles. The fourth-order valence-corrected chi connectivity index (χ4v) is 4.57. The quantitative estimate of drug-likeness (QED) is 0.692. The molecule has 1 heterocycles. The molecule has 0 unspecified atom stereocenters. The zero-order valence-corrected chi connectivity index (χ0v) is 16.4. The first kappa shape index (κ1) is 20.4. The van der Waals surface area contributed by atoms with Crippen LogP contribution in [0, 0.1) is 0 Å². The fraction of sp³-hybridized carbons (Fsp3) is 0.455. The first-order valence-corrected chi connectivity index (χ1v) is 10.6. The van der Waals surface area contributed by atoms with Crippen molar-refractivity contribution in [1.82, 2.24) is 4.90 Å². The highest BCUT2D eigenvalue weighted by Gasteiger charge is 2.21. The molecule has 27 heavy (non-hydrogen) atoms. The maximum atomic E-state index is 10.7. The van der Waals surface area contributed by atoms with Gasteiger partial charge in [-0.2, -0.15) is 11.8 Å². The SMILES string of the molecule is O[C@@H](CS[C@H](C[C@@H](O)c1ccccc1)c1ccccc1)CN1CCOCC1. The van der Waals surface area contributed by atoms with Gasteiger partial charge in [0.15, 0.2) is 0 Å². The number of ether oxygens (including phenoxy) is 1. The van der Waals surface area contributed by atoms with Gasteiger partial charge in [-0.25, -0.2) is 0 Å². The lowest BCUT2D eigenvalue weighted by Crippen LogP contribution is -2.41. The van der Waals surface area contributed by atoms with Gasteiger partial charge in [-0.3, -0.25) is 4.90 Å². The summed E-state index contributed by atoms with van der Waals surface area (Å²) in [6.45, 7) is 3.94. The number of nitrogens with zero attached hydrogens (tertiary/aromatic N) is 1. The molecule has 1 saturated heterocycles. The number of hydrogen-bond donors (Lipinski definition) is 2. The van der Waals surface area contributed by atoms with E-state index >= 15 is 0 Å². The van der Waals surface area contributed by atoms with E-state index in [0.717, 1.165) is 31.9 Å². The summed E-state index contributed by atoms with van der Waals surface area (Å²) in [5, 5.41) is 21.3. The second kappa shape index (κ2) is 10.8. The number of aliphatic hydroxyl groups excluding tert-OH is 2. The molecule has 3 rings (SSSR count). The van der Waals surface area contributed by atoms with Crippen molar-refractivity contribution >= 4 is 11.8 Å². The Hall–Kier alpha value is -1.37. The van der Waals surface area contributed by atoms with Crippen molar-refractivity contribution in [2.24, 2.45) is 0 Å². The third-order valence-corrected chi connectivity index (χ3v) is 6.30. The van der Waals surface area contributed by atoms with E-state index in [4.69, 9.17) is 4.74 Å². The fourth-order valence-electron chi connectivity index (χ4n) is 3.34.